The van der Waals surface area contributed by atoms with Gasteiger partial charge in [-0.2, -0.15) is 5.10 Å². The van der Waals surface area contributed by atoms with E-state index in [1.54, 1.807) is 11.0 Å². The molecule has 0 bridgehead atoms. The number of hydrogen-bond acceptors (Lipinski definition) is 3. The Labute approximate surface area is 77.0 Å². The lowest BCUT2D eigenvalue weighted by molar-refractivity contribution is -0.122. The fourth-order valence-electron chi connectivity index (χ4n) is 1.80. The summed E-state index contributed by atoms with van der Waals surface area (Å²) in [4.78, 5) is 15.5. The van der Waals surface area contributed by atoms with Gasteiger partial charge in [0.1, 0.15) is 18.7 Å². The highest BCUT2D eigenvalue weighted by Gasteiger charge is 2.22. The van der Waals surface area contributed by atoms with Crippen LogP contribution >= 0.6 is 0 Å². The number of hydrogen-bond donors (Lipinski definition) is 0. The van der Waals surface area contributed by atoms with E-state index in [9.17, 15) is 4.79 Å². The molecule has 0 N–H and O–H groups in total. The summed E-state index contributed by atoms with van der Waals surface area (Å²) in [6, 6.07) is -0.0509. The maximum absolute atomic E-state index is 11.6. The van der Waals surface area contributed by atoms with Crippen LogP contribution in [0.5, 0.6) is 0 Å². The van der Waals surface area contributed by atoms with Crippen molar-refractivity contribution < 1.29 is 4.79 Å². The van der Waals surface area contributed by atoms with Crippen molar-refractivity contribution in [3.8, 4) is 0 Å². The minimum absolute atomic E-state index is 0.0509. The van der Waals surface area contributed by atoms with Crippen LogP contribution < -0.4 is 0 Å². The van der Waals surface area contributed by atoms with Crippen LogP contribution in [0.15, 0.2) is 12.7 Å². The number of carbonyl (C=O) groups excluding carboxylic acids is 1. The Bertz CT molecular complexity index is 281. The Kier molecular flexibility index (Phi) is 2.38. The molecule has 1 atom stereocenters. The molecule has 1 heterocycles. The molecule has 1 aromatic rings. The fraction of sp³-hybridized carbons (Fsp3) is 0.667. The van der Waals surface area contributed by atoms with Crippen LogP contribution in [0.4, 0.5) is 0 Å². The molecule has 4 nitrogen and oxygen atoms in total. The van der Waals surface area contributed by atoms with Gasteiger partial charge in [0.05, 0.1) is 0 Å². The van der Waals surface area contributed by atoms with Gasteiger partial charge in [-0.05, 0) is 12.8 Å². The smallest absolute Gasteiger partial charge is 0.157 e. The second kappa shape index (κ2) is 3.68. The molecule has 0 aliphatic heterocycles. The van der Waals surface area contributed by atoms with E-state index in [0.29, 0.717) is 12.2 Å². The average molecular weight is 179 g/mol. The predicted molar refractivity (Wildman–Crippen MR) is 47.2 cm³/mol. The first-order valence-corrected chi connectivity index (χ1v) is 4.75. The lowest BCUT2D eigenvalue weighted by Gasteiger charge is -2.11. The van der Waals surface area contributed by atoms with Crippen LogP contribution in [0, 0.1) is 0 Å². The molecule has 0 aromatic carbocycles. The van der Waals surface area contributed by atoms with Crippen LogP contribution in [0.3, 0.4) is 0 Å². The van der Waals surface area contributed by atoms with Crippen molar-refractivity contribution >= 4 is 5.78 Å². The van der Waals surface area contributed by atoms with E-state index in [4.69, 9.17) is 0 Å². The van der Waals surface area contributed by atoms with Gasteiger partial charge < -0.3 is 0 Å². The molecule has 1 unspecified atom stereocenters. The predicted octanol–water partition coefficient (Wildman–Crippen LogP) is 1.35. The number of Topliss-reactive ketones (excluding diaryl/α,β-unsaturated/α-hetero) is 1. The van der Waals surface area contributed by atoms with Gasteiger partial charge in [-0.15, -0.1) is 0 Å². The second-order valence-electron chi connectivity index (χ2n) is 3.46. The molecule has 0 amide bonds. The van der Waals surface area contributed by atoms with Crippen molar-refractivity contribution in [1.29, 1.82) is 0 Å². The minimum atomic E-state index is -0.0509. The molecule has 0 radical (unpaired) electrons. The summed E-state index contributed by atoms with van der Waals surface area (Å²) in [5.41, 5.74) is 0. The molecule has 1 aromatic heterocycles. The normalized spacial score (nSPS) is 24.3. The summed E-state index contributed by atoms with van der Waals surface area (Å²) in [6.07, 6.45) is 8.05. The average Bonchev–Trinajstić information content (AvgIpc) is 2.56. The molecular formula is C9H13N3O. The molecule has 1 aliphatic carbocycles. The van der Waals surface area contributed by atoms with Gasteiger partial charge in [-0.25, -0.2) is 9.67 Å². The molecule has 0 spiro atoms. The van der Waals surface area contributed by atoms with Gasteiger partial charge in [0.25, 0.3) is 0 Å². The van der Waals surface area contributed by atoms with Crippen LogP contribution in [0.2, 0.25) is 0 Å². The van der Waals surface area contributed by atoms with Gasteiger partial charge in [0.2, 0.25) is 0 Å². The highest BCUT2D eigenvalue weighted by molar-refractivity contribution is 5.82. The molecule has 1 aliphatic rings. The number of ketones is 1. The molecule has 13 heavy (non-hydrogen) atoms. The number of aromatic nitrogens is 3. The topological polar surface area (TPSA) is 47.8 Å². The highest BCUT2D eigenvalue weighted by Crippen LogP contribution is 2.22. The summed E-state index contributed by atoms with van der Waals surface area (Å²) in [7, 11) is 0. The fourth-order valence-corrected chi connectivity index (χ4v) is 1.80. The van der Waals surface area contributed by atoms with Gasteiger partial charge in [-0.3, -0.25) is 4.79 Å². The number of nitrogens with zero attached hydrogens (tertiary/aromatic N) is 3. The first kappa shape index (κ1) is 8.41. The zero-order valence-electron chi connectivity index (χ0n) is 7.52. The summed E-state index contributed by atoms with van der Waals surface area (Å²) < 4.78 is 1.69. The maximum atomic E-state index is 11.6. The van der Waals surface area contributed by atoms with Crippen LogP contribution in [-0.4, -0.2) is 20.5 Å². The first-order chi connectivity index (χ1) is 6.38. The molecule has 0 saturated heterocycles. The summed E-state index contributed by atoms with van der Waals surface area (Å²) >= 11 is 0. The Morgan fingerprint density at radius 1 is 1.38 bits per heavy atom. The zero-order valence-corrected chi connectivity index (χ0v) is 7.52. The Balaban J connectivity index is 2.16. The van der Waals surface area contributed by atoms with Crippen molar-refractivity contribution in [1.82, 2.24) is 14.8 Å². The summed E-state index contributed by atoms with van der Waals surface area (Å²) in [5, 5.41) is 4.02. The largest absolute Gasteiger partial charge is 0.297 e. The Morgan fingerprint density at radius 3 is 3.08 bits per heavy atom. The van der Waals surface area contributed by atoms with Gasteiger partial charge in [0.15, 0.2) is 5.78 Å². The molecular weight excluding hydrogens is 166 g/mol. The quantitative estimate of drug-likeness (QED) is 0.611. The number of carbonyl (C=O) groups is 1. The van der Waals surface area contributed by atoms with Gasteiger partial charge >= 0.3 is 0 Å². The molecule has 1 fully saturated rings. The van der Waals surface area contributed by atoms with E-state index >= 15 is 0 Å². The third-order valence-electron chi connectivity index (χ3n) is 2.53. The third kappa shape index (κ3) is 1.76. The second-order valence-corrected chi connectivity index (χ2v) is 3.46. The summed E-state index contributed by atoms with van der Waals surface area (Å²) in [5.74, 6) is 0.308. The van der Waals surface area contributed by atoms with Crippen molar-refractivity contribution in [2.45, 2.75) is 38.1 Å². The molecule has 4 heteroatoms. The van der Waals surface area contributed by atoms with Crippen LogP contribution in [0.1, 0.15) is 38.1 Å². The monoisotopic (exact) mass is 179 g/mol. The van der Waals surface area contributed by atoms with Crippen molar-refractivity contribution in [2.75, 3.05) is 0 Å². The lowest BCUT2D eigenvalue weighted by Crippen LogP contribution is -2.18. The van der Waals surface area contributed by atoms with Crippen molar-refractivity contribution in [2.24, 2.45) is 0 Å². The van der Waals surface area contributed by atoms with Gasteiger partial charge in [-0.1, -0.05) is 12.8 Å². The third-order valence-corrected chi connectivity index (χ3v) is 2.53. The Morgan fingerprint density at radius 2 is 2.31 bits per heavy atom. The van der Waals surface area contributed by atoms with E-state index in [2.05, 4.69) is 10.1 Å². The van der Waals surface area contributed by atoms with E-state index in [-0.39, 0.29) is 6.04 Å². The standard InChI is InChI=1S/C9H13N3O/c13-9-5-3-1-2-4-8(9)12-7-10-6-11-12/h6-8H,1-5H2. The SMILES string of the molecule is O=C1CCCCCC1n1cncn1. The van der Waals surface area contributed by atoms with E-state index < -0.39 is 0 Å². The van der Waals surface area contributed by atoms with Crippen LogP contribution in [0.25, 0.3) is 0 Å². The summed E-state index contributed by atoms with van der Waals surface area (Å²) in [6.45, 7) is 0. The lowest BCUT2D eigenvalue weighted by atomic mass is 10.1. The number of rotatable bonds is 1. The van der Waals surface area contributed by atoms with Crippen molar-refractivity contribution in [3.05, 3.63) is 12.7 Å². The zero-order chi connectivity index (χ0) is 9.10. The van der Waals surface area contributed by atoms with E-state index in [1.165, 1.54) is 6.33 Å². The van der Waals surface area contributed by atoms with E-state index in [0.717, 1.165) is 25.7 Å². The Hall–Kier alpha value is -1.19. The van der Waals surface area contributed by atoms with Gasteiger partial charge in [0, 0.05) is 6.42 Å². The first-order valence-electron chi connectivity index (χ1n) is 4.75. The highest BCUT2D eigenvalue weighted by atomic mass is 16.1. The van der Waals surface area contributed by atoms with Crippen LogP contribution in [-0.2, 0) is 4.79 Å². The minimum Gasteiger partial charge on any atom is -0.297 e. The molecule has 70 valence electrons. The van der Waals surface area contributed by atoms with Crippen molar-refractivity contribution in [3.63, 3.8) is 0 Å². The molecule has 2 rings (SSSR count). The van der Waals surface area contributed by atoms with E-state index in [1.807, 2.05) is 0 Å². The molecule has 1 saturated carbocycles. The maximum Gasteiger partial charge on any atom is 0.157 e.